The van der Waals surface area contributed by atoms with E-state index in [1.54, 1.807) is 37.2 Å². The normalized spacial score (nSPS) is 10.9. The largest absolute Gasteiger partial charge is 0.327 e. The van der Waals surface area contributed by atoms with Crippen LogP contribution in [0.5, 0.6) is 0 Å². The van der Waals surface area contributed by atoms with Gasteiger partial charge in [0.15, 0.2) is 5.13 Å². The first-order chi connectivity index (χ1) is 10.8. The Balaban J connectivity index is 1.97. The summed E-state index contributed by atoms with van der Waals surface area (Å²) in [7, 11) is 1.76. The molecule has 0 saturated heterocycles. The summed E-state index contributed by atoms with van der Waals surface area (Å²) < 4.78 is 13.6. The molecule has 1 heterocycles. The minimum Gasteiger partial charge on any atom is -0.327 e. The number of nitrogens with one attached hydrogen (secondary N) is 1. The van der Waals surface area contributed by atoms with Crippen LogP contribution in [-0.2, 0) is 6.42 Å². The number of carbonyl (C=O) groups is 1. The van der Waals surface area contributed by atoms with Crippen molar-refractivity contribution in [3.05, 3.63) is 46.2 Å². The third-order valence-corrected chi connectivity index (χ3v) is 4.28. The standard InChI is InChI=1S/C17H22FN3OS/c1-11(2)10-21(4)17(22)20-16-19-9-14(23-16)7-13-6-5-12(3)15(18)8-13/h5-6,8-9,11H,7,10H2,1-4H3,(H,19,20,22). The Morgan fingerprint density at radius 3 is 2.83 bits per heavy atom. The highest BCUT2D eigenvalue weighted by atomic mass is 32.1. The smallest absolute Gasteiger partial charge is 0.323 e. The number of benzene rings is 1. The van der Waals surface area contributed by atoms with Crippen LogP contribution in [0.3, 0.4) is 0 Å². The Bertz CT molecular complexity index is 684. The maximum absolute atomic E-state index is 13.6. The van der Waals surface area contributed by atoms with Crippen molar-refractivity contribution in [2.45, 2.75) is 27.2 Å². The van der Waals surface area contributed by atoms with Crippen molar-refractivity contribution in [1.29, 1.82) is 0 Å². The second kappa shape index (κ2) is 7.55. The Kier molecular flexibility index (Phi) is 5.71. The Labute approximate surface area is 140 Å². The third-order valence-electron chi connectivity index (χ3n) is 3.37. The minimum absolute atomic E-state index is 0.166. The number of halogens is 1. The summed E-state index contributed by atoms with van der Waals surface area (Å²) in [6, 6.07) is 5.06. The summed E-state index contributed by atoms with van der Waals surface area (Å²) in [6.45, 7) is 6.55. The molecule has 2 aromatic rings. The average Bonchev–Trinajstić information content (AvgIpc) is 2.89. The molecule has 2 amide bonds. The zero-order valence-corrected chi connectivity index (χ0v) is 14.7. The first kappa shape index (κ1) is 17.4. The molecule has 0 atom stereocenters. The zero-order chi connectivity index (χ0) is 17.0. The fourth-order valence-corrected chi connectivity index (χ4v) is 3.05. The maximum atomic E-state index is 13.6. The van der Waals surface area contributed by atoms with Crippen LogP contribution in [0, 0.1) is 18.7 Å². The molecule has 0 saturated carbocycles. The number of carbonyl (C=O) groups excluding carboxylic acids is 1. The number of thiazole rings is 1. The molecular weight excluding hydrogens is 313 g/mol. The number of urea groups is 1. The fourth-order valence-electron chi connectivity index (χ4n) is 2.21. The monoisotopic (exact) mass is 335 g/mol. The molecule has 1 N–H and O–H groups in total. The van der Waals surface area contributed by atoms with E-state index >= 15 is 0 Å². The maximum Gasteiger partial charge on any atom is 0.323 e. The Hall–Kier alpha value is -1.95. The summed E-state index contributed by atoms with van der Waals surface area (Å²) in [5, 5.41) is 3.36. The predicted octanol–water partition coefficient (Wildman–Crippen LogP) is 4.30. The molecule has 6 heteroatoms. The number of rotatable bonds is 5. The molecule has 0 bridgehead atoms. The molecule has 4 nitrogen and oxygen atoms in total. The van der Waals surface area contributed by atoms with Crippen molar-refractivity contribution in [1.82, 2.24) is 9.88 Å². The lowest BCUT2D eigenvalue weighted by atomic mass is 10.1. The van der Waals surface area contributed by atoms with E-state index in [1.807, 2.05) is 6.07 Å². The zero-order valence-electron chi connectivity index (χ0n) is 13.9. The average molecular weight is 335 g/mol. The van der Waals surface area contributed by atoms with E-state index in [-0.39, 0.29) is 11.8 Å². The molecule has 124 valence electrons. The number of aromatic nitrogens is 1. The van der Waals surface area contributed by atoms with Crippen LogP contribution in [0.4, 0.5) is 14.3 Å². The summed E-state index contributed by atoms with van der Waals surface area (Å²) in [4.78, 5) is 18.9. The van der Waals surface area contributed by atoms with E-state index in [9.17, 15) is 9.18 Å². The molecule has 0 unspecified atom stereocenters. The van der Waals surface area contributed by atoms with E-state index in [0.29, 0.717) is 29.6 Å². The van der Waals surface area contributed by atoms with E-state index in [2.05, 4.69) is 24.1 Å². The van der Waals surface area contributed by atoms with Crippen LogP contribution < -0.4 is 5.32 Å². The number of anilines is 1. The highest BCUT2D eigenvalue weighted by Gasteiger charge is 2.12. The van der Waals surface area contributed by atoms with Gasteiger partial charge < -0.3 is 4.90 Å². The van der Waals surface area contributed by atoms with Gasteiger partial charge in [0.25, 0.3) is 0 Å². The molecule has 1 aromatic heterocycles. The van der Waals surface area contributed by atoms with Gasteiger partial charge in [-0.05, 0) is 30.0 Å². The lowest BCUT2D eigenvalue weighted by Gasteiger charge is -2.18. The molecule has 0 radical (unpaired) electrons. The number of amides is 2. The summed E-state index contributed by atoms with van der Waals surface area (Å²) in [5.41, 5.74) is 1.53. The highest BCUT2D eigenvalue weighted by Crippen LogP contribution is 2.22. The van der Waals surface area contributed by atoms with E-state index in [0.717, 1.165) is 10.4 Å². The van der Waals surface area contributed by atoms with Gasteiger partial charge in [-0.3, -0.25) is 5.32 Å². The van der Waals surface area contributed by atoms with Crippen LogP contribution in [0.2, 0.25) is 0 Å². The van der Waals surface area contributed by atoms with Crippen LogP contribution >= 0.6 is 11.3 Å². The molecule has 0 fully saturated rings. The van der Waals surface area contributed by atoms with Gasteiger partial charge in [-0.15, -0.1) is 11.3 Å². The van der Waals surface area contributed by atoms with Gasteiger partial charge >= 0.3 is 6.03 Å². The summed E-state index contributed by atoms with van der Waals surface area (Å²) >= 11 is 1.41. The Morgan fingerprint density at radius 1 is 1.43 bits per heavy atom. The minimum atomic E-state index is -0.198. The molecule has 0 aliphatic heterocycles. The molecule has 23 heavy (non-hydrogen) atoms. The third kappa shape index (κ3) is 5.03. The first-order valence-electron chi connectivity index (χ1n) is 7.57. The lowest BCUT2D eigenvalue weighted by Crippen LogP contribution is -2.34. The van der Waals surface area contributed by atoms with E-state index < -0.39 is 0 Å². The first-order valence-corrected chi connectivity index (χ1v) is 8.38. The highest BCUT2D eigenvalue weighted by molar-refractivity contribution is 7.15. The van der Waals surface area contributed by atoms with Gasteiger partial charge in [0.1, 0.15) is 5.82 Å². The van der Waals surface area contributed by atoms with Crippen molar-refractivity contribution < 1.29 is 9.18 Å². The molecule has 0 aliphatic carbocycles. The number of hydrogen-bond donors (Lipinski definition) is 1. The number of aryl methyl sites for hydroxylation is 1. The van der Waals surface area contributed by atoms with E-state index in [4.69, 9.17) is 0 Å². The lowest BCUT2D eigenvalue weighted by molar-refractivity contribution is 0.217. The van der Waals surface area contributed by atoms with Gasteiger partial charge in [-0.1, -0.05) is 26.0 Å². The number of hydrogen-bond acceptors (Lipinski definition) is 3. The second-order valence-electron chi connectivity index (χ2n) is 6.10. The van der Waals surface area contributed by atoms with Gasteiger partial charge in [0.2, 0.25) is 0 Å². The number of nitrogens with zero attached hydrogens (tertiary/aromatic N) is 2. The molecule has 0 aliphatic rings. The topological polar surface area (TPSA) is 45.2 Å². The van der Waals surface area contributed by atoms with Crippen molar-refractivity contribution in [2.75, 3.05) is 18.9 Å². The van der Waals surface area contributed by atoms with Crippen LogP contribution in [0.1, 0.15) is 29.9 Å². The van der Waals surface area contributed by atoms with Crippen molar-refractivity contribution in [2.24, 2.45) is 5.92 Å². The van der Waals surface area contributed by atoms with Crippen LogP contribution in [0.25, 0.3) is 0 Å². The molecular formula is C17H22FN3OS. The second-order valence-corrected chi connectivity index (χ2v) is 7.21. The van der Waals surface area contributed by atoms with Gasteiger partial charge in [-0.25, -0.2) is 14.2 Å². The SMILES string of the molecule is Cc1ccc(Cc2cnc(NC(=O)N(C)CC(C)C)s2)cc1F. The molecule has 1 aromatic carbocycles. The summed E-state index contributed by atoms with van der Waals surface area (Å²) in [6.07, 6.45) is 2.33. The molecule has 0 spiro atoms. The van der Waals surface area contributed by atoms with E-state index in [1.165, 1.54) is 11.3 Å². The van der Waals surface area contributed by atoms with Crippen LogP contribution in [-0.4, -0.2) is 29.5 Å². The van der Waals surface area contributed by atoms with Gasteiger partial charge in [0, 0.05) is 31.1 Å². The van der Waals surface area contributed by atoms with Crippen molar-refractivity contribution >= 4 is 22.5 Å². The van der Waals surface area contributed by atoms with Crippen molar-refractivity contribution in [3.8, 4) is 0 Å². The van der Waals surface area contributed by atoms with Gasteiger partial charge in [-0.2, -0.15) is 0 Å². The fraction of sp³-hybridized carbons (Fsp3) is 0.412. The molecule has 2 rings (SSSR count). The quantitative estimate of drug-likeness (QED) is 0.885. The van der Waals surface area contributed by atoms with Gasteiger partial charge in [0.05, 0.1) is 0 Å². The predicted molar refractivity (Wildman–Crippen MR) is 92.5 cm³/mol. The van der Waals surface area contributed by atoms with Crippen molar-refractivity contribution in [3.63, 3.8) is 0 Å². The summed E-state index contributed by atoms with van der Waals surface area (Å²) in [5.74, 6) is 0.213. The Morgan fingerprint density at radius 2 is 2.17 bits per heavy atom. The van der Waals surface area contributed by atoms with Crippen LogP contribution in [0.15, 0.2) is 24.4 Å².